The lowest BCUT2D eigenvalue weighted by molar-refractivity contribution is -0.134. The summed E-state index contributed by atoms with van der Waals surface area (Å²) in [5, 5.41) is 0. The summed E-state index contributed by atoms with van der Waals surface area (Å²) in [7, 11) is 0. The van der Waals surface area contributed by atoms with Gasteiger partial charge < -0.3 is 15.4 Å². The van der Waals surface area contributed by atoms with E-state index >= 15 is 0 Å². The number of likely N-dealkylation sites (tertiary alicyclic amines) is 1. The summed E-state index contributed by atoms with van der Waals surface area (Å²) < 4.78 is 5.50. The topological polar surface area (TPSA) is 72.6 Å². The van der Waals surface area contributed by atoms with E-state index in [0.29, 0.717) is 17.0 Å². The van der Waals surface area contributed by atoms with Crippen LogP contribution in [0, 0.1) is 0 Å². The molecule has 20 heavy (non-hydrogen) atoms. The molecular weight excluding hydrogens is 256 g/mol. The van der Waals surface area contributed by atoms with Gasteiger partial charge in [-0.05, 0) is 44.4 Å². The van der Waals surface area contributed by atoms with Crippen molar-refractivity contribution in [3.63, 3.8) is 0 Å². The maximum Gasteiger partial charge on any atom is 0.260 e. The Hall–Kier alpha value is -2.04. The molecule has 1 aromatic carbocycles. The molecule has 108 valence electrons. The van der Waals surface area contributed by atoms with Gasteiger partial charge >= 0.3 is 0 Å². The SMILES string of the molecule is CC(=O)c1cc(N)ccc1OCC(=O)N1CCCCC1. The molecule has 1 heterocycles. The molecule has 5 heteroatoms. The van der Waals surface area contributed by atoms with E-state index in [9.17, 15) is 9.59 Å². The summed E-state index contributed by atoms with van der Waals surface area (Å²) in [6.45, 7) is 3.01. The normalized spacial score (nSPS) is 14.9. The zero-order valence-electron chi connectivity index (χ0n) is 11.7. The van der Waals surface area contributed by atoms with Crippen LogP contribution in [0.15, 0.2) is 18.2 Å². The third kappa shape index (κ3) is 3.50. The smallest absolute Gasteiger partial charge is 0.260 e. The van der Waals surface area contributed by atoms with Crippen LogP contribution in [0.2, 0.25) is 0 Å². The Morgan fingerprint density at radius 1 is 1.25 bits per heavy atom. The van der Waals surface area contributed by atoms with E-state index < -0.39 is 0 Å². The van der Waals surface area contributed by atoms with E-state index in [4.69, 9.17) is 10.5 Å². The highest BCUT2D eigenvalue weighted by atomic mass is 16.5. The fraction of sp³-hybridized carbons (Fsp3) is 0.467. The van der Waals surface area contributed by atoms with Gasteiger partial charge in [-0.1, -0.05) is 0 Å². The Labute approximate surface area is 118 Å². The summed E-state index contributed by atoms with van der Waals surface area (Å²) in [5.74, 6) is 0.255. The van der Waals surface area contributed by atoms with Gasteiger partial charge in [0.15, 0.2) is 12.4 Å². The van der Waals surface area contributed by atoms with Crippen LogP contribution < -0.4 is 10.5 Å². The van der Waals surface area contributed by atoms with Crippen LogP contribution in [-0.4, -0.2) is 36.3 Å². The molecule has 2 N–H and O–H groups in total. The van der Waals surface area contributed by atoms with Crippen LogP contribution in [0.1, 0.15) is 36.5 Å². The highest BCUT2D eigenvalue weighted by Crippen LogP contribution is 2.22. The average Bonchev–Trinajstić information content (AvgIpc) is 2.46. The first-order valence-corrected chi connectivity index (χ1v) is 6.89. The second-order valence-corrected chi connectivity index (χ2v) is 5.04. The minimum absolute atomic E-state index is 0.0315. The van der Waals surface area contributed by atoms with Crippen molar-refractivity contribution in [3.05, 3.63) is 23.8 Å². The minimum Gasteiger partial charge on any atom is -0.483 e. The van der Waals surface area contributed by atoms with Crippen molar-refractivity contribution in [3.8, 4) is 5.75 Å². The van der Waals surface area contributed by atoms with Crippen LogP contribution in [0.4, 0.5) is 5.69 Å². The van der Waals surface area contributed by atoms with Crippen molar-refractivity contribution in [1.29, 1.82) is 0 Å². The number of rotatable bonds is 4. The molecule has 0 aliphatic carbocycles. The van der Waals surface area contributed by atoms with E-state index in [1.54, 1.807) is 18.2 Å². The zero-order chi connectivity index (χ0) is 14.5. The highest BCUT2D eigenvalue weighted by molar-refractivity contribution is 5.97. The number of ether oxygens (including phenoxy) is 1. The number of hydrogen-bond donors (Lipinski definition) is 1. The van der Waals surface area contributed by atoms with Crippen LogP contribution >= 0.6 is 0 Å². The van der Waals surface area contributed by atoms with Gasteiger partial charge in [-0.3, -0.25) is 9.59 Å². The number of nitrogen functional groups attached to an aromatic ring is 1. The standard InChI is InChI=1S/C15H20N2O3/c1-11(18)13-9-12(16)5-6-14(13)20-10-15(19)17-7-3-2-4-8-17/h5-6,9H,2-4,7-8,10,16H2,1H3. The molecule has 1 aromatic rings. The number of carbonyl (C=O) groups excluding carboxylic acids is 2. The molecule has 5 nitrogen and oxygen atoms in total. The molecule has 1 aliphatic rings. The quantitative estimate of drug-likeness (QED) is 0.673. The Morgan fingerprint density at radius 2 is 1.95 bits per heavy atom. The van der Waals surface area contributed by atoms with Gasteiger partial charge in [0.25, 0.3) is 5.91 Å². The number of nitrogens with two attached hydrogens (primary N) is 1. The number of hydrogen-bond acceptors (Lipinski definition) is 4. The van der Waals surface area contributed by atoms with E-state index in [0.717, 1.165) is 25.9 Å². The van der Waals surface area contributed by atoms with Crippen molar-refractivity contribution >= 4 is 17.4 Å². The number of anilines is 1. The third-order valence-corrected chi connectivity index (χ3v) is 3.44. The van der Waals surface area contributed by atoms with Gasteiger partial charge in [-0.2, -0.15) is 0 Å². The lowest BCUT2D eigenvalue weighted by atomic mass is 10.1. The number of amides is 1. The fourth-order valence-electron chi connectivity index (χ4n) is 2.32. The Balaban J connectivity index is 1.99. The molecule has 0 unspecified atom stereocenters. The average molecular weight is 276 g/mol. The molecular formula is C15H20N2O3. The van der Waals surface area contributed by atoms with Crippen molar-refractivity contribution in [2.45, 2.75) is 26.2 Å². The first kappa shape index (κ1) is 14.4. The second-order valence-electron chi connectivity index (χ2n) is 5.04. The summed E-state index contributed by atoms with van der Waals surface area (Å²) in [6.07, 6.45) is 3.27. The molecule has 0 saturated carbocycles. The maximum atomic E-state index is 12.0. The molecule has 0 aromatic heterocycles. The lowest BCUT2D eigenvalue weighted by Gasteiger charge is -2.26. The first-order chi connectivity index (χ1) is 9.58. The second kappa shape index (κ2) is 6.41. The number of benzene rings is 1. The van der Waals surface area contributed by atoms with Crippen LogP contribution in [-0.2, 0) is 4.79 Å². The van der Waals surface area contributed by atoms with Crippen molar-refractivity contribution < 1.29 is 14.3 Å². The molecule has 1 amide bonds. The van der Waals surface area contributed by atoms with Crippen LogP contribution in [0.5, 0.6) is 5.75 Å². The fourth-order valence-corrected chi connectivity index (χ4v) is 2.32. The molecule has 1 fully saturated rings. The first-order valence-electron chi connectivity index (χ1n) is 6.89. The molecule has 1 aliphatic heterocycles. The van der Waals surface area contributed by atoms with E-state index in [2.05, 4.69) is 0 Å². The molecule has 0 radical (unpaired) electrons. The Bertz CT molecular complexity index is 508. The van der Waals surface area contributed by atoms with Gasteiger partial charge in [-0.15, -0.1) is 0 Å². The van der Waals surface area contributed by atoms with Gasteiger partial charge in [0.05, 0.1) is 5.56 Å². The predicted molar refractivity (Wildman–Crippen MR) is 76.8 cm³/mol. The van der Waals surface area contributed by atoms with Gasteiger partial charge in [-0.25, -0.2) is 0 Å². The Kier molecular flexibility index (Phi) is 4.61. The third-order valence-electron chi connectivity index (χ3n) is 3.44. The van der Waals surface area contributed by atoms with Gasteiger partial charge in [0.2, 0.25) is 0 Å². The molecule has 0 bridgehead atoms. The van der Waals surface area contributed by atoms with Gasteiger partial charge in [0, 0.05) is 18.8 Å². The lowest BCUT2D eigenvalue weighted by Crippen LogP contribution is -2.38. The highest BCUT2D eigenvalue weighted by Gasteiger charge is 2.18. The van der Waals surface area contributed by atoms with Gasteiger partial charge in [0.1, 0.15) is 5.75 Å². The number of piperidine rings is 1. The van der Waals surface area contributed by atoms with E-state index in [-0.39, 0.29) is 18.3 Å². The zero-order valence-corrected chi connectivity index (χ0v) is 11.7. The van der Waals surface area contributed by atoms with E-state index in [1.165, 1.54) is 13.3 Å². The monoisotopic (exact) mass is 276 g/mol. The summed E-state index contributed by atoms with van der Waals surface area (Å²) in [4.78, 5) is 25.4. The molecule has 0 spiro atoms. The van der Waals surface area contributed by atoms with Crippen molar-refractivity contribution in [2.75, 3.05) is 25.4 Å². The molecule has 1 saturated heterocycles. The summed E-state index contributed by atoms with van der Waals surface area (Å²) in [6, 6.07) is 4.87. The number of ketones is 1. The maximum absolute atomic E-state index is 12.0. The largest absolute Gasteiger partial charge is 0.483 e. The van der Waals surface area contributed by atoms with Crippen LogP contribution in [0.25, 0.3) is 0 Å². The molecule has 2 rings (SSSR count). The minimum atomic E-state index is -0.127. The number of carbonyl (C=O) groups is 2. The Morgan fingerprint density at radius 3 is 2.60 bits per heavy atom. The van der Waals surface area contributed by atoms with Crippen LogP contribution in [0.3, 0.4) is 0 Å². The van der Waals surface area contributed by atoms with E-state index in [1.807, 2.05) is 4.90 Å². The van der Waals surface area contributed by atoms with Crippen molar-refractivity contribution in [2.24, 2.45) is 0 Å². The summed E-state index contributed by atoms with van der Waals surface area (Å²) >= 11 is 0. The number of Topliss-reactive ketones (excluding diaryl/α,β-unsaturated/α-hetero) is 1. The van der Waals surface area contributed by atoms with Crippen molar-refractivity contribution in [1.82, 2.24) is 4.90 Å². The number of nitrogens with zero attached hydrogens (tertiary/aromatic N) is 1. The summed E-state index contributed by atoms with van der Waals surface area (Å²) in [5.41, 5.74) is 6.57. The molecule has 0 atom stereocenters. The predicted octanol–water partition coefficient (Wildman–Crippen LogP) is 1.86.